The number of amides is 2. The maximum Gasteiger partial charge on any atom is 0.281 e. The Morgan fingerprint density at radius 3 is 2.56 bits per heavy atom. The van der Waals surface area contributed by atoms with Crippen LogP contribution in [0.4, 0.5) is 10.8 Å². The molecule has 144 valence electrons. The Kier molecular flexibility index (Phi) is 7.19. The van der Waals surface area contributed by atoms with Gasteiger partial charge >= 0.3 is 0 Å². The minimum Gasteiger partial charge on any atom is -0.327 e. The molecule has 1 saturated heterocycles. The van der Waals surface area contributed by atoms with Gasteiger partial charge in [-0.1, -0.05) is 40.8 Å². The minimum atomic E-state index is -0.0988. The predicted octanol–water partition coefficient (Wildman–Crippen LogP) is 1.58. The van der Waals surface area contributed by atoms with E-state index in [9.17, 15) is 9.59 Å². The van der Waals surface area contributed by atoms with Gasteiger partial charge in [-0.15, -0.1) is 10.2 Å². The van der Waals surface area contributed by atoms with Crippen molar-refractivity contribution in [1.29, 1.82) is 0 Å². The first kappa shape index (κ1) is 19.8. The molecule has 0 radical (unpaired) electrons. The van der Waals surface area contributed by atoms with Crippen molar-refractivity contribution < 1.29 is 14.5 Å². The fraction of sp³-hybridized carbons (Fsp3) is 0.444. The summed E-state index contributed by atoms with van der Waals surface area (Å²) >= 11 is 2.60. The highest BCUT2D eigenvalue weighted by atomic mass is 32.2. The summed E-state index contributed by atoms with van der Waals surface area (Å²) in [4.78, 5) is 25.5. The molecule has 2 amide bonds. The predicted molar refractivity (Wildman–Crippen MR) is 108 cm³/mol. The number of nitrogens with zero attached hydrogens (tertiary/aromatic N) is 2. The molecule has 0 unspecified atom stereocenters. The molecule has 2 heterocycles. The molecule has 1 fully saturated rings. The lowest BCUT2D eigenvalue weighted by Gasteiger charge is -2.22. The summed E-state index contributed by atoms with van der Waals surface area (Å²) in [6.07, 6.45) is 3.64. The molecule has 3 N–H and O–H groups in total. The lowest BCUT2D eigenvalue weighted by atomic mass is 10.1. The number of nitrogens with one attached hydrogen (secondary N) is 3. The van der Waals surface area contributed by atoms with E-state index in [1.165, 1.54) is 47.3 Å². The first-order chi connectivity index (χ1) is 13.1. The number of rotatable bonds is 7. The van der Waals surface area contributed by atoms with Gasteiger partial charge in [0.15, 0.2) is 10.9 Å². The summed E-state index contributed by atoms with van der Waals surface area (Å²) in [6.45, 7) is 4.59. The van der Waals surface area contributed by atoms with Crippen LogP contribution >= 0.6 is 23.1 Å². The number of carbonyl (C=O) groups excluding carboxylic acids is 2. The molecule has 9 heteroatoms. The van der Waals surface area contributed by atoms with Crippen LogP contribution in [-0.4, -0.2) is 47.4 Å². The van der Waals surface area contributed by atoms with E-state index >= 15 is 0 Å². The van der Waals surface area contributed by atoms with Crippen molar-refractivity contribution in [3.8, 4) is 0 Å². The highest BCUT2D eigenvalue weighted by Gasteiger charge is 2.18. The van der Waals surface area contributed by atoms with Crippen LogP contribution in [0.15, 0.2) is 28.6 Å². The van der Waals surface area contributed by atoms with Gasteiger partial charge in [-0.3, -0.25) is 14.9 Å². The number of hydrogen-bond donors (Lipinski definition) is 3. The Hall–Kier alpha value is -1.97. The van der Waals surface area contributed by atoms with Crippen LogP contribution in [0.25, 0.3) is 0 Å². The molecule has 0 spiro atoms. The molecule has 1 aliphatic rings. The van der Waals surface area contributed by atoms with Crippen molar-refractivity contribution in [2.24, 2.45) is 0 Å². The average molecular weight is 407 g/mol. The molecular weight excluding hydrogens is 382 g/mol. The van der Waals surface area contributed by atoms with E-state index in [1.54, 1.807) is 0 Å². The van der Waals surface area contributed by atoms with Crippen molar-refractivity contribution in [3.05, 3.63) is 29.8 Å². The van der Waals surface area contributed by atoms with Crippen LogP contribution in [0.2, 0.25) is 0 Å². The van der Waals surface area contributed by atoms with Crippen LogP contribution in [0.1, 0.15) is 24.8 Å². The van der Waals surface area contributed by atoms with Gasteiger partial charge in [-0.2, -0.15) is 0 Å². The lowest BCUT2D eigenvalue weighted by Crippen LogP contribution is -3.13. The molecule has 7 nitrogen and oxygen atoms in total. The van der Waals surface area contributed by atoms with Crippen LogP contribution in [-0.2, 0) is 9.59 Å². The van der Waals surface area contributed by atoms with Gasteiger partial charge < -0.3 is 10.2 Å². The van der Waals surface area contributed by atoms with E-state index in [2.05, 4.69) is 20.8 Å². The van der Waals surface area contributed by atoms with Crippen molar-refractivity contribution in [1.82, 2.24) is 10.2 Å². The second kappa shape index (κ2) is 9.82. The fourth-order valence-corrected chi connectivity index (χ4v) is 4.47. The fourth-order valence-electron chi connectivity index (χ4n) is 2.90. The molecule has 0 atom stereocenters. The molecule has 1 aromatic heterocycles. The maximum absolute atomic E-state index is 12.1. The summed E-state index contributed by atoms with van der Waals surface area (Å²) in [5.41, 5.74) is 1.92. The van der Waals surface area contributed by atoms with Gasteiger partial charge in [0.05, 0.1) is 18.8 Å². The molecule has 0 bridgehead atoms. The monoisotopic (exact) mass is 406 g/mol. The van der Waals surface area contributed by atoms with E-state index in [0.717, 1.165) is 24.3 Å². The number of carbonyl (C=O) groups is 2. The largest absolute Gasteiger partial charge is 0.327 e. The number of anilines is 2. The molecule has 0 saturated carbocycles. The highest BCUT2D eigenvalue weighted by Crippen LogP contribution is 2.25. The first-order valence-electron chi connectivity index (χ1n) is 9.05. The van der Waals surface area contributed by atoms with E-state index in [-0.39, 0.29) is 17.6 Å². The van der Waals surface area contributed by atoms with Crippen LogP contribution < -0.4 is 15.5 Å². The molecule has 3 rings (SSSR count). The molecule has 0 aliphatic carbocycles. The smallest absolute Gasteiger partial charge is 0.281 e. The van der Waals surface area contributed by atoms with Gasteiger partial charge in [0.1, 0.15) is 0 Å². The zero-order chi connectivity index (χ0) is 19.1. The average Bonchev–Trinajstić information content (AvgIpc) is 3.10. The zero-order valence-electron chi connectivity index (χ0n) is 15.3. The number of thioether (sulfide) groups is 1. The number of hydrogen-bond acceptors (Lipinski definition) is 6. The molecule has 27 heavy (non-hydrogen) atoms. The molecule has 1 aromatic carbocycles. The SMILES string of the molecule is Cc1ccc(NC(=O)CSc2nnc(NC(=O)C[NH+]3CCCCC3)s2)cc1. The number of piperidine rings is 1. The van der Waals surface area contributed by atoms with Gasteiger partial charge in [0.25, 0.3) is 5.91 Å². The second-order valence-corrected chi connectivity index (χ2v) is 8.81. The Balaban J connectivity index is 1.41. The Labute approximate surface area is 166 Å². The quantitative estimate of drug-likeness (QED) is 0.480. The first-order valence-corrected chi connectivity index (χ1v) is 10.8. The number of aryl methyl sites for hydroxylation is 1. The lowest BCUT2D eigenvalue weighted by molar-refractivity contribution is -0.896. The third-order valence-electron chi connectivity index (χ3n) is 4.29. The summed E-state index contributed by atoms with van der Waals surface area (Å²) < 4.78 is 0.662. The van der Waals surface area contributed by atoms with Crippen LogP contribution in [0.5, 0.6) is 0 Å². The third-order valence-corrected chi connectivity index (χ3v) is 6.26. The minimum absolute atomic E-state index is 0.0308. The summed E-state index contributed by atoms with van der Waals surface area (Å²) in [6, 6.07) is 7.66. The Morgan fingerprint density at radius 1 is 1.07 bits per heavy atom. The normalized spacial score (nSPS) is 14.7. The summed E-state index contributed by atoms with van der Waals surface area (Å²) in [7, 11) is 0. The van der Waals surface area contributed by atoms with Gasteiger partial charge in [0.2, 0.25) is 11.0 Å². The number of aromatic nitrogens is 2. The summed E-state index contributed by atoms with van der Waals surface area (Å²) in [5, 5.41) is 14.2. The third kappa shape index (κ3) is 6.60. The standard InChI is InChI=1S/C18H23N5O2S2/c1-13-5-7-14(8-6-13)19-16(25)12-26-18-22-21-17(27-18)20-15(24)11-23-9-3-2-4-10-23/h5-8H,2-4,9-12H2,1H3,(H,19,25)(H,20,21,24)/p+1. The van der Waals surface area contributed by atoms with Crippen LogP contribution in [0.3, 0.4) is 0 Å². The van der Waals surface area contributed by atoms with Crippen molar-refractivity contribution in [3.63, 3.8) is 0 Å². The number of likely N-dealkylation sites (tertiary alicyclic amines) is 1. The molecular formula is C18H24N5O2S2+. The Morgan fingerprint density at radius 2 is 1.81 bits per heavy atom. The van der Waals surface area contributed by atoms with Crippen molar-refractivity contribution >= 4 is 45.7 Å². The van der Waals surface area contributed by atoms with Gasteiger partial charge in [0, 0.05) is 5.69 Å². The van der Waals surface area contributed by atoms with Crippen molar-refractivity contribution in [2.45, 2.75) is 30.5 Å². The zero-order valence-corrected chi connectivity index (χ0v) is 16.9. The van der Waals surface area contributed by atoms with E-state index in [4.69, 9.17) is 0 Å². The highest BCUT2D eigenvalue weighted by molar-refractivity contribution is 8.01. The summed E-state index contributed by atoms with van der Waals surface area (Å²) in [5.74, 6) is 0.115. The molecule has 2 aromatic rings. The second-order valence-electron chi connectivity index (χ2n) is 6.61. The van der Waals surface area contributed by atoms with Crippen molar-refractivity contribution in [2.75, 3.05) is 36.0 Å². The maximum atomic E-state index is 12.1. The number of quaternary nitrogens is 1. The van der Waals surface area contributed by atoms with Crippen LogP contribution in [0, 0.1) is 6.92 Å². The van der Waals surface area contributed by atoms with E-state index < -0.39 is 0 Å². The van der Waals surface area contributed by atoms with Gasteiger partial charge in [-0.25, -0.2) is 0 Å². The Bertz CT molecular complexity index is 772. The number of benzene rings is 1. The van der Waals surface area contributed by atoms with E-state index in [1.807, 2.05) is 31.2 Å². The molecule has 1 aliphatic heterocycles. The van der Waals surface area contributed by atoms with Gasteiger partial charge in [-0.05, 0) is 38.3 Å². The van der Waals surface area contributed by atoms with E-state index in [0.29, 0.717) is 16.0 Å². The topological polar surface area (TPSA) is 88.4 Å².